The zero-order valence-electron chi connectivity index (χ0n) is 14.8. The van der Waals surface area contributed by atoms with E-state index in [9.17, 15) is 14.4 Å². The molecule has 0 fully saturated rings. The molecule has 2 amide bonds. The third kappa shape index (κ3) is 6.34. The van der Waals surface area contributed by atoms with Crippen LogP contribution in [-0.2, 0) is 14.3 Å². The van der Waals surface area contributed by atoms with E-state index in [1.807, 2.05) is 6.92 Å². The van der Waals surface area contributed by atoms with Crippen LogP contribution in [0.25, 0.3) is 0 Å². The molecule has 0 heterocycles. The summed E-state index contributed by atoms with van der Waals surface area (Å²) < 4.78 is 10.5. The van der Waals surface area contributed by atoms with Crippen molar-refractivity contribution in [1.29, 1.82) is 0 Å². The Morgan fingerprint density at radius 3 is 2.52 bits per heavy atom. The molecule has 142 valence electrons. The van der Waals surface area contributed by atoms with E-state index >= 15 is 0 Å². The topological polar surface area (TPSA) is 108 Å². The minimum Gasteiger partial charge on any atom is -0.493 e. The van der Waals surface area contributed by atoms with Crippen molar-refractivity contribution in [3.63, 3.8) is 0 Å². The first kappa shape index (κ1) is 20.3. The lowest BCUT2D eigenvalue weighted by Gasteiger charge is -2.12. The van der Waals surface area contributed by atoms with E-state index < -0.39 is 24.4 Å². The van der Waals surface area contributed by atoms with Gasteiger partial charge in [-0.25, -0.2) is 4.79 Å². The number of benzene rings is 2. The molecule has 0 aliphatic heterocycles. The van der Waals surface area contributed by atoms with Crippen LogP contribution in [0.4, 0.5) is 5.69 Å². The van der Waals surface area contributed by atoms with Crippen molar-refractivity contribution in [1.82, 2.24) is 0 Å². The molecule has 3 N–H and O–H groups in total. The van der Waals surface area contributed by atoms with E-state index in [1.54, 1.807) is 48.5 Å². The second-order valence-electron chi connectivity index (χ2n) is 5.30. The van der Waals surface area contributed by atoms with Gasteiger partial charge in [-0.1, -0.05) is 24.3 Å². The van der Waals surface area contributed by atoms with Crippen LogP contribution in [0, 0.1) is 0 Å². The molecule has 0 radical (unpaired) electrons. The Morgan fingerprint density at radius 1 is 1.07 bits per heavy atom. The molecule has 2 aromatic rings. The fourth-order valence-corrected chi connectivity index (χ4v) is 2.90. The number of para-hydroxylation sites is 2. The summed E-state index contributed by atoms with van der Waals surface area (Å²) in [6.07, 6.45) is 0. The summed E-state index contributed by atoms with van der Waals surface area (Å²) in [6, 6.07) is 13.6. The number of anilines is 1. The van der Waals surface area contributed by atoms with Gasteiger partial charge in [0.15, 0.2) is 6.61 Å². The van der Waals surface area contributed by atoms with Gasteiger partial charge in [-0.3, -0.25) is 9.59 Å². The summed E-state index contributed by atoms with van der Waals surface area (Å²) >= 11 is 1.21. The maximum atomic E-state index is 12.2. The lowest BCUT2D eigenvalue weighted by molar-refractivity contribution is -0.119. The maximum absolute atomic E-state index is 12.2. The molecule has 0 saturated carbocycles. The van der Waals surface area contributed by atoms with Gasteiger partial charge in [-0.2, -0.15) is 0 Å². The molecule has 0 bridgehead atoms. The van der Waals surface area contributed by atoms with Gasteiger partial charge in [-0.15, -0.1) is 11.8 Å². The van der Waals surface area contributed by atoms with Crippen molar-refractivity contribution in [3.8, 4) is 5.75 Å². The van der Waals surface area contributed by atoms with Gasteiger partial charge in [0.2, 0.25) is 5.91 Å². The highest BCUT2D eigenvalue weighted by molar-refractivity contribution is 8.00. The fraction of sp³-hybridized carbons (Fsp3) is 0.211. The average Bonchev–Trinajstić information content (AvgIpc) is 2.66. The quantitative estimate of drug-likeness (QED) is 0.505. The Balaban J connectivity index is 1.95. The van der Waals surface area contributed by atoms with Crippen LogP contribution in [0.5, 0.6) is 5.75 Å². The normalized spacial score (nSPS) is 10.1. The molecule has 0 unspecified atom stereocenters. The summed E-state index contributed by atoms with van der Waals surface area (Å²) in [5.74, 6) is -1.10. The second-order valence-corrected chi connectivity index (χ2v) is 6.32. The number of rotatable bonds is 9. The van der Waals surface area contributed by atoms with Gasteiger partial charge in [0.05, 0.1) is 18.0 Å². The highest BCUT2D eigenvalue weighted by Gasteiger charge is 2.15. The number of esters is 1. The molecule has 0 saturated heterocycles. The average molecular weight is 388 g/mol. The van der Waals surface area contributed by atoms with Gasteiger partial charge in [0.25, 0.3) is 5.91 Å². The molecule has 8 heteroatoms. The predicted molar refractivity (Wildman–Crippen MR) is 103 cm³/mol. The third-order valence-corrected chi connectivity index (χ3v) is 4.37. The molecule has 2 rings (SSSR count). The van der Waals surface area contributed by atoms with E-state index in [2.05, 4.69) is 5.32 Å². The van der Waals surface area contributed by atoms with Gasteiger partial charge in [-0.05, 0) is 31.2 Å². The lowest BCUT2D eigenvalue weighted by Crippen LogP contribution is -2.21. The number of amides is 2. The number of nitrogens with one attached hydrogen (secondary N) is 1. The highest BCUT2D eigenvalue weighted by atomic mass is 32.2. The van der Waals surface area contributed by atoms with Gasteiger partial charge >= 0.3 is 5.97 Å². The minimum absolute atomic E-state index is 0.0933. The molecule has 0 aromatic heterocycles. The predicted octanol–water partition coefficient (Wildman–Crippen LogP) is 2.46. The summed E-state index contributed by atoms with van der Waals surface area (Å²) in [6.45, 7) is 1.77. The summed E-state index contributed by atoms with van der Waals surface area (Å²) in [4.78, 5) is 36.0. The van der Waals surface area contributed by atoms with E-state index in [4.69, 9.17) is 15.2 Å². The van der Waals surface area contributed by atoms with Crippen LogP contribution >= 0.6 is 11.8 Å². The number of hydrogen-bond acceptors (Lipinski definition) is 6. The molecule has 7 nitrogen and oxygen atoms in total. The monoisotopic (exact) mass is 388 g/mol. The SMILES string of the molecule is CCOc1ccccc1C(=O)OCC(=O)Nc1ccccc1SCC(N)=O. The van der Waals surface area contributed by atoms with E-state index in [0.29, 0.717) is 22.9 Å². The van der Waals surface area contributed by atoms with Gasteiger partial charge < -0.3 is 20.5 Å². The van der Waals surface area contributed by atoms with E-state index in [-0.39, 0.29) is 11.3 Å². The van der Waals surface area contributed by atoms with Gasteiger partial charge in [0, 0.05) is 4.90 Å². The number of ether oxygens (including phenoxy) is 2. The number of nitrogens with two attached hydrogens (primary N) is 1. The number of hydrogen-bond donors (Lipinski definition) is 2. The van der Waals surface area contributed by atoms with Gasteiger partial charge in [0.1, 0.15) is 11.3 Å². The summed E-state index contributed by atoms with van der Waals surface area (Å²) in [7, 11) is 0. The van der Waals surface area contributed by atoms with Crippen LogP contribution in [0.3, 0.4) is 0 Å². The van der Waals surface area contributed by atoms with E-state index in [1.165, 1.54) is 11.8 Å². The third-order valence-electron chi connectivity index (χ3n) is 3.27. The lowest BCUT2D eigenvalue weighted by atomic mass is 10.2. The van der Waals surface area contributed by atoms with E-state index in [0.717, 1.165) is 0 Å². The number of carbonyl (C=O) groups excluding carboxylic acids is 3. The van der Waals surface area contributed by atoms with Crippen LogP contribution in [0.15, 0.2) is 53.4 Å². The van der Waals surface area contributed by atoms with Crippen LogP contribution < -0.4 is 15.8 Å². The zero-order chi connectivity index (χ0) is 19.6. The number of carbonyl (C=O) groups is 3. The van der Waals surface area contributed by atoms with Crippen LogP contribution in [0.2, 0.25) is 0 Å². The Hall–Kier alpha value is -3.00. The van der Waals surface area contributed by atoms with Crippen molar-refractivity contribution < 1.29 is 23.9 Å². The first-order valence-corrected chi connectivity index (χ1v) is 9.18. The smallest absolute Gasteiger partial charge is 0.342 e. The Kier molecular flexibility index (Phi) is 7.69. The van der Waals surface area contributed by atoms with Crippen molar-refractivity contribution in [2.45, 2.75) is 11.8 Å². The number of primary amides is 1. The fourth-order valence-electron chi connectivity index (χ4n) is 2.16. The number of thioether (sulfide) groups is 1. The van der Waals surface area contributed by atoms with Crippen LogP contribution in [0.1, 0.15) is 17.3 Å². The van der Waals surface area contributed by atoms with Crippen molar-refractivity contribution in [2.75, 3.05) is 24.3 Å². The largest absolute Gasteiger partial charge is 0.493 e. The maximum Gasteiger partial charge on any atom is 0.342 e. The molecule has 0 aliphatic carbocycles. The second kappa shape index (κ2) is 10.2. The molecular weight excluding hydrogens is 368 g/mol. The zero-order valence-corrected chi connectivity index (χ0v) is 15.6. The molecule has 27 heavy (non-hydrogen) atoms. The van der Waals surface area contributed by atoms with Crippen molar-refractivity contribution in [2.24, 2.45) is 5.73 Å². The highest BCUT2D eigenvalue weighted by Crippen LogP contribution is 2.26. The first-order valence-electron chi connectivity index (χ1n) is 8.20. The Bertz CT molecular complexity index is 825. The molecule has 2 aromatic carbocycles. The minimum atomic E-state index is -0.648. The summed E-state index contributed by atoms with van der Waals surface area (Å²) in [5, 5.41) is 2.66. The molecular formula is C19H20N2O5S. The molecule has 0 atom stereocenters. The van der Waals surface area contributed by atoms with Crippen LogP contribution in [-0.4, -0.2) is 36.8 Å². The van der Waals surface area contributed by atoms with Crippen molar-refractivity contribution in [3.05, 3.63) is 54.1 Å². The Morgan fingerprint density at radius 2 is 1.78 bits per heavy atom. The summed E-state index contributed by atoms with van der Waals surface area (Å²) in [5.41, 5.74) is 5.91. The van der Waals surface area contributed by atoms with Crippen molar-refractivity contribution >= 4 is 35.2 Å². The molecule has 0 aliphatic rings. The Labute approximate surface area is 161 Å². The molecule has 0 spiro atoms. The standard InChI is InChI=1S/C19H20N2O5S/c1-2-25-15-9-5-3-7-13(15)19(24)26-11-18(23)21-14-8-4-6-10-16(14)27-12-17(20)22/h3-10H,2,11-12H2,1H3,(H2,20,22)(H,21,23). The first-order chi connectivity index (χ1) is 13.0.